The maximum absolute atomic E-state index is 11.6. The summed E-state index contributed by atoms with van der Waals surface area (Å²) in [6.45, 7) is 5.81. The fourth-order valence-corrected chi connectivity index (χ4v) is 2.48. The van der Waals surface area contributed by atoms with Crippen molar-refractivity contribution in [2.24, 2.45) is 5.92 Å². The standard InChI is InChI=1S/C17H28O4/c1-13-11-17(3,19)14(2)15(20-4)9-7-5-6-8-10-16(18)21-12-13/h7,9,11,14-15,19H,5-6,8,10,12H2,1-4H3/b9-7+,13-11-/t14-,15+,17-/m1/s1. The van der Waals surface area contributed by atoms with Gasteiger partial charge in [-0.1, -0.05) is 25.2 Å². The van der Waals surface area contributed by atoms with Crippen LogP contribution in [0.4, 0.5) is 0 Å². The van der Waals surface area contributed by atoms with Gasteiger partial charge >= 0.3 is 5.97 Å². The van der Waals surface area contributed by atoms with Gasteiger partial charge in [0, 0.05) is 19.4 Å². The minimum absolute atomic E-state index is 0.104. The van der Waals surface area contributed by atoms with Gasteiger partial charge in [0.25, 0.3) is 0 Å². The Morgan fingerprint density at radius 2 is 2.14 bits per heavy atom. The van der Waals surface area contributed by atoms with Gasteiger partial charge < -0.3 is 14.6 Å². The molecule has 1 N–H and O–H groups in total. The minimum Gasteiger partial charge on any atom is -0.461 e. The van der Waals surface area contributed by atoms with E-state index in [9.17, 15) is 9.90 Å². The van der Waals surface area contributed by atoms with Gasteiger partial charge in [-0.2, -0.15) is 0 Å². The summed E-state index contributed by atoms with van der Waals surface area (Å²) in [6, 6.07) is 0. The summed E-state index contributed by atoms with van der Waals surface area (Å²) in [5.41, 5.74) is -0.179. The van der Waals surface area contributed by atoms with E-state index >= 15 is 0 Å². The second-order valence-electron chi connectivity index (χ2n) is 6.04. The smallest absolute Gasteiger partial charge is 0.306 e. The van der Waals surface area contributed by atoms with Gasteiger partial charge in [-0.3, -0.25) is 4.79 Å². The van der Waals surface area contributed by atoms with Crippen LogP contribution in [0.15, 0.2) is 23.8 Å². The van der Waals surface area contributed by atoms with Crippen molar-refractivity contribution >= 4 is 5.97 Å². The second kappa shape index (κ2) is 8.35. The van der Waals surface area contributed by atoms with Crippen molar-refractivity contribution < 1.29 is 19.4 Å². The molecule has 0 aromatic carbocycles. The van der Waals surface area contributed by atoms with Crippen molar-refractivity contribution in [1.29, 1.82) is 0 Å². The van der Waals surface area contributed by atoms with Crippen LogP contribution in [0, 0.1) is 5.92 Å². The summed E-state index contributed by atoms with van der Waals surface area (Å²) < 4.78 is 10.7. The van der Waals surface area contributed by atoms with Gasteiger partial charge in [-0.25, -0.2) is 0 Å². The van der Waals surface area contributed by atoms with E-state index in [1.54, 1.807) is 20.1 Å². The summed E-state index contributed by atoms with van der Waals surface area (Å²) in [4.78, 5) is 11.6. The third-order valence-corrected chi connectivity index (χ3v) is 4.01. The Morgan fingerprint density at radius 1 is 1.43 bits per heavy atom. The molecule has 4 heteroatoms. The normalized spacial score (nSPS) is 37.0. The van der Waals surface area contributed by atoms with Crippen molar-refractivity contribution in [3.05, 3.63) is 23.8 Å². The number of allylic oxidation sites excluding steroid dienone is 1. The van der Waals surface area contributed by atoms with E-state index in [-0.39, 0.29) is 24.6 Å². The molecule has 0 radical (unpaired) electrons. The van der Waals surface area contributed by atoms with E-state index in [4.69, 9.17) is 9.47 Å². The minimum atomic E-state index is -1.02. The Bertz CT molecular complexity index is 396. The van der Waals surface area contributed by atoms with Crippen LogP contribution in [0.1, 0.15) is 46.5 Å². The molecule has 0 fully saturated rings. The highest BCUT2D eigenvalue weighted by Gasteiger charge is 2.31. The lowest BCUT2D eigenvalue weighted by molar-refractivity contribution is -0.142. The molecule has 0 aliphatic carbocycles. The zero-order chi connectivity index (χ0) is 15.9. The maximum atomic E-state index is 11.6. The van der Waals surface area contributed by atoms with Crippen molar-refractivity contribution in [3.8, 4) is 0 Å². The SMILES string of the molecule is CO[C@H]1/C=C/CCCCC(=O)OC/C(C)=C\[C@@](C)(O)[C@@H]1C. The van der Waals surface area contributed by atoms with Crippen molar-refractivity contribution in [1.82, 2.24) is 0 Å². The lowest BCUT2D eigenvalue weighted by Crippen LogP contribution is -2.39. The first-order valence-corrected chi connectivity index (χ1v) is 7.62. The predicted octanol–water partition coefficient (Wildman–Crippen LogP) is 3.01. The Kier molecular flexibility index (Phi) is 7.12. The van der Waals surface area contributed by atoms with Gasteiger partial charge in [-0.15, -0.1) is 0 Å². The largest absolute Gasteiger partial charge is 0.461 e. The number of cyclic esters (lactones) is 1. The molecule has 4 nitrogen and oxygen atoms in total. The zero-order valence-electron chi connectivity index (χ0n) is 13.6. The van der Waals surface area contributed by atoms with Crippen LogP contribution in [-0.2, 0) is 14.3 Å². The third-order valence-electron chi connectivity index (χ3n) is 4.01. The van der Waals surface area contributed by atoms with Gasteiger partial charge in [-0.05, 0) is 38.7 Å². The molecule has 0 aromatic rings. The topological polar surface area (TPSA) is 55.8 Å². The fourth-order valence-electron chi connectivity index (χ4n) is 2.48. The maximum Gasteiger partial charge on any atom is 0.306 e. The highest BCUT2D eigenvalue weighted by atomic mass is 16.5. The molecule has 0 aromatic heterocycles. The van der Waals surface area contributed by atoms with Crippen molar-refractivity contribution in [3.63, 3.8) is 0 Å². The Balaban J connectivity index is 2.92. The molecule has 1 rings (SSSR count). The molecule has 0 saturated heterocycles. The Hall–Kier alpha value is -1.13. The average molecular weight is 296 g/mol. The summed E-state index contributed by atoms with van der Waals surface area (Å²) in [6.07, 6.45) is 8.81. The summed E-state index contributed by atoms with van der Waals surface area (Å²) >= 11 is 0. The van der Waals surface area contributed by atoms with Gasteiger partial charge in [0.1, 0.15) is 6.61 Å². The number of carbonyl (C=O) groups excluding carboxylic acids is 1. The van der Waals surface area contributed by atoms with Crippen LogP contribution >= 0.6 is 0 Å². The average Bonchev–Trinajstić information content (AvgIpc) is 2.42. The molecule has 120 valence electrons. The zero-order valence-corrected chi connectivity index (χ0v) is 13.6. The van der Waals surface area contributed by atoms with E-state index in [1.165, 1.54) is 0 Å². The number of carbonyl (C=O) groups is 1. The number of esters is 1. The molecule has 0 unspecified atom stereocenters. The molecule has 21 heavy (non-hydrogen) atoms. The molecular weight excluding hydrogens is 268 g/mol. The molecule has 0 amide bonds. The molecule has 0 bridgehead atoms. The quantitative estimate of drug-likeness (QED) is 0.597. The second-order valence-corrected chi connectivity index (χ2v) is 6.04. The molecule has 0 saturated carbocycles. The van der Waals surface area contributed by atoms with Crippen molar-refractivity contribution in [2.75, 3.05) is 13.7 Å². The molecule has 0 spiro atoms. The Labute approximate surface area is 127 Å². The van der Waals surface area contributed by atoms with Crippen LogP contribution < -0.4 is 0 Å². The van der Waals surface area contributed by atoms with Crippen LogP contribution in [0.2, 0.25) is 0 Å². The third kappa shape index (κ3) is 6.02. The summed E-state index contributed by atoms with van der Waals surface area (Å²) in [7, 11) is 1.66. The van der Waals surface area contributed by atoms with E-state index in [0.29, 0.717) is 6.42 Å². The van der Waals surface area contributed by atoms with Gasteiger partial charge in [0.2, 0.25) is 0 Å². The first-order chi connectivity index (χ1) is 9.86. The Morgan fingerprint density at radius 3 is 2.81 bits per heavy atom. The number of rotatable bonds is 1. The monoisotopic (exact) mass is 296 g/mol. The van der Waals surface area contributed by atoms with E-state index in [1.807, 2.05) is 19.9 Å². The van der Waals surface area contributed by atoms with Crippen LogP contribution in [-0.4, -0.2) is 36.5 Å². The van der Waals surface area contributed by atoms with E-state index in [0.717, 1.165) is 24.8 Å². The van der Waals surface area contributed by atoms with Crippen molar-refractivity contribution in [2.45, 2.75) is 58.2 Å². The van der Waals surface area contributed by atoms with Crippen LogP contribution in [0.25, 0.3) is 0 Å². The van der Waals surface area contributed by atoms with Crippen LogP contribution in [0.3, 0.4) is 0 Å². The van der Waals surface area contributed by atoms with Gasteiger partial charge in [0.15, 0.2) is 0 Å². The number of hydrogen-bond donors (Lipinski definition) is 1. The van der Waals surface area contributed by atoms with Crippen LogP contribution in [0.5, 0.6) is 0 Å². The highest BCUT2D eigenvalue weighted by molar-refractivity contribution is 5.69. The molecule has 3 atom stereocenters. The van der Waals surface area contributed by atoms with Gasteiger partial charge in [0.05, 0.1) is 11.7 Å². The molecule has 1 heterocycles. The number of methoxy groups -OCH3 is 1. The molecular formula is C17H28O4. The highest BCUT2D eigenvalue weighted by Crippen LogP contribution is 2.26. The molecule has 1 aliphatic rings. The first kappa shape index (κ1) is 17.9. The number of aliphatic hydroxyl groups is 1. The number of hydrogen-bond acceptors (Lipinski definition) is 4. The summed E-state index contributed by atoms with van der Waals surface area (Å²) in [5, 5.41) is 10.7. The van der Waals surface area contributed by atoms with E-state index < -0.39 is 5.60 Å². The lowest BCUT2D eigenvalue weighted by atomic mass is 9.84. The first-order valence-electron chi connectivity index (χ1n) is 7.62. The number of ether oxygens (including phenoxy) is 2. The lowest BCUT2D eigenvalue weighted by Gasteiger charge is -2.32. The fraction of sp³-hybridized carbons (Fsp3) is 0.706. The van der Waals surface area contributed by atoms with E-state index in [2.05, 4.69) is 6.08 Å². The summed E-state index contributed by atoms with van der Waals surface area (Å²) in [5.74, 6) is -0.279. The molecule has 1 aliphatic heterocycles. The predicted molar refractivity (Wildman–Crippen MR) is 82.9 cm³/mol.